The van der Waals surface area contributed by atoms with Crippen molar-refractivity contribution in [1.82, 2.24) is 0 Å². The number of halogens is 1. The number of aliphatic imine (C=N–C) groups is 1. The number of benzene rings is 2. The fraction of sp³-hybridized carbons (Fsp3) is 0.133. The van der Waals surface area contributed by atoms with Crippen LogP contribution in [0.2, 0.25) is 5.02 Å². The first-order valence-corrected chi connectivity index (χ1v) is 6.49. The number of fused-ring (bicyclic) bond motifs is 1. The molecule has 0 saturated carbocycles. The predicted molar refractivity (Wildman–Crippen MR) is 79.7 cm³/mol. The molecule has 0 bridgehead atoms. The van der Waals surface area contributed by atoms with Crippen LogP contribution in [0, 0.1) is 0 Å². The van der Waals surface area contributed by atoms with Crippen molar-refractivity contribution in [2.75, 3.05) is 12.3 Å². The first-order chi connectivity index (χ1) is 9.16. The Morgan fingerprint density at radius 1 is 1.05 bits per heavy atom. The zero-order valence-electron chi connectivity index (χ0n) is 10.3. The molecule has 19 heavy (non-hydrogen) atoms. The second kappa shape index (κ2) is 4.59. The maximum absolute atomic E-state index is 6.10. The van der Waals surface area contributed by atoms with Gasteiger partial charge in [0.25, 0.3) is 0 Å². The Morgan fingerprint density at radius 2 is 1.84 bits per heavy atom. The Kier molecular flexibility index (Phi) is 2.91. The summed E-state index contributed by atoms with van der Waals surface area (Å²) >= 11 is 6.10. The minimum atomic E-state index is 0.113. The van der Waals surface area contributed by atoms with Crippen LogP contribution in [0.3, 0.4) is 0 Å². The Bertz CT molecular complexity index is 664. The quantitative estimate of drug-likeness (QED) is 0.784. The van der Waals surface area contributed by atoms with E-state index in [1.807, 2.05) is 42.5 Å². The van der Waals surface area contributed by atoms with E-state index in [-0.39, 0.29) is 5.92 Å². The minimum Gasteiger partial charge on any atom is -0.398 e. The number of nitrogen functional groups attached to an aromatic ring is 1. The zero-order valence-corrected chi connectivity index (χ0v) is 11.1. The highest BCUT2D eigenvalue weighted by Crippen LogP contribution is 2.35. The van der Waals surface area contributed by atoms with Gasteiger partial charge in [-0.2, -0.15) is 0 Å². The Hall–Kier alpha value is -2.00. The summed E-state index contributed by atoms with van der Waals surface area (Å²) in [4.78, 5) is 4.40. The van der Waals surface area contributed by atoms with E-state index in [2.05, 4.69) is 4.99 Å². The van der Waals surface area contributed by atoms with Crippen molar-refractivity contribution >= 4 is 23.1 Å². The summed E-state index contributed by atoms with van der Waals surface area (Å²) in [5, 5.41) is 0.702. The first-order valence-electron chi connectivity index (χ1n) is 6.11. The third-order valence-electron chi connectivity index (χ3n) is 3.48. The number of nitrogens with two attached hydrogens (primary N) is 2. The number of para-hydroxylation sites is 1. The molecule has 2 aromatic carbocycles. The van der Waals surface area contributed by atoms with Gasteiger partial charge >= 0.3 is 0 Å². The molecular formula is C15H14ClN3. The van der Waals surface area contributed by atoms with E-state index in [0.717, 1.165) is 22.4 Å². The summed E-state index contributed by atoms with van der Waals surface area (Å²) in [6, 6.07) is 13.6. The van der Waals surface area contributed by atoms with Gasteiger partial charge in [0.05, 0.1) is 6.54 Å². The Morgan fingerprint density at radius 3 is 2.63 bits per heavy atom. The van der Waals surface area contributed by atoms with Gasteiger partial charge in [0.15, 0.2) is 0 Å². The maximum atomic E-state index is 6.10. The number of nitrogens with zero attached hydrogens (tertiary/aromatic N) is 1. The molecule has 0 amide bonds. The largest absolute Gasteiger partial charge is 0.398 e. The average Bonchev–Trinajstić information content (AvgIpc) is 2.40. The second-order valence-electron chi connectivity index (χ2n) is 4.64. The van der Waals surface area contributed by atoms with E-state index >= 15 is 0 Å². The summed E-state index contributed by atoms with van der Waals surface area (Å²) in [7, 11) is 0. The van der Waals surface area contributed by atoms with Gasteiger partial charge in [0.1, 0.15) is 5.84 Å². The van der Waals surface area contributed by atoms with Crippen LogP contribution in [0.15, 0.2) is 47.5 Å². The molecule has 1 aliphatic rings. The SMILES string of the molecule is NC1=NCC(c2ccccc2N)c2cc(Cl)ccc21. The summed E-state index contributed by atoms with van der Waals surface area (Å²) in [6.45, 7) is 0.605. The number of amidine groups is 1. The lowest BCUT2D eigenvalue weighted by Gasteiger charge is -2.25. The molecule has 1 aliphatic heterocycles. The van der Waals surface area contributed by atoms with Gasteiger partial charge in [-0.25, -0.2) is 0 Å². The van der Waals surface area contributed by atoms with Crippen LogP contribution in [0.1, 0.15) is 22.6 Å². The van der Waals surface area contributed by atoms with Crippen LogP contribution in [-0.4, -0.2) is 12.4 Å². The van der Waals surface area contributed by atoms with E-state index in [0.29, 0.717) is 17.4 Å². The molecule has 1 atom stereocenters. The predicted octanol–water partition coefficient (Wildman–Crippen LogP) is 2.77. The molecule has 0 fully saturated rings. The zero-order chi connectivity index (χ0) is 13.4. The summed E-state index contributed by atoms with van der Waals surface area (Å²) in [5.41, 5.74) is 15.9. The molecule has 4 heteroatoms. The molecule has 96 valence electrons. The van der Waals surface area contributed by atoms with E-state index in [9.17, 15) is 0 Å². The highest BCUT2D eigenvalue weighted by molar-refractivity contribution is 6.30. The number of hydrogen-bond donors (Lipinski definition) is 2. The topological polar surface area (TPSA) is 64.4 Å². The van der Waals surface area contributed by atoms with Gasteiger partial charge in [-0.15, -0.1) is 0 Å². The molecular weight excluding hydrogens is 258 g/mol. The summed E-state index contributed by atoms with van der Waals surface area (Å²) in [5.74, 6) is 0.680. The lowest BCUT2D eigenvalue weighted by molar-refractivity contribution is 0.804. The van der Waals surface area contributed by atoms with Crippen LogP contribution >= 0.6 is 11.6 Å². The molecule has 0 saturated heterocycles. The van der Waals surface area contributed by atoms with Gasteiger partial charge in [-0.1, -0.05) is 29.8 Å². The van der Waals surface area contributed by atoms with Crippen molar-refractivity contribution in [3.05, 3.63) is 64.2 Å². The fourth-order valence-electron chi connectivity index (χ4n) is 2.52. The fourth-order valence-corrected chi connectivity index (χ4v) is 2.70. The van der Waals surface area contributed by atoms with Crippen LogP contribution in [0.5, 0.6) is 0 Å². The van der Waals surface area contributed by atoms with Crippen molar-refractivity contribution in [1.29, 1.82) is 0 Å². The van der Waals surface area contributed by atoms with Crippen molar-refractivity contribution in [3.8, 4) is 0 Å². The van der Waals surface area contributed by atoms with E-state index in [1.165, 1.54) is 0 Å². The normalized spacial score (nSPS) is 17.7. The highest BCUT2D eigenvalue weighted by atomic mass is 35.5. The molecule has 3 nitrogen and oxygen atoms in total. The highest BCUT2D eigenvalue weighted by Gasteiger charge is 2.24. The molecule has 0 spiro atoms. The van der Waals surface area contributed by atoms with Crippen LogP contribution in [0.25, 0.3) is 0 Å². The molecule has 1 heterocycles. The van der Waals surface area contributed by atoms with E-state index in [1.54, 1.807) is 0 Å². The average molecular weight is 272 g/mol. The van der Waals surface area contributed by atoms with Gasteiger partial charge < -0.3 is 11.5 Å². The van der Waals surface area contributed by atoms with Crippen molar-refractivity contribution < 1.29 is 0 Å². The van der Waals surface area contributed by atoms with Gasteiger partial charge in [-0.3, -0.25) is 4.99 Å². The van der Waals surface area contributed by atoms with Crippen molar-refractivity contribution in [2.24, 2.45) is 10.7 Å². The number of anilines is 1. The van der Waals surface area contributed by atoms with E-state index in [4.69, 9.17) is 23.1 Å². The van der Waals surface area contributed by atoms with Crippen LogP contribution in [-0.2, 0) is 0 Å². The summed E-state index contributed by atoms with van der Waals surface area (Å²) < 4.78 is 0. The lowest BCUT2D eigenvalue weighted by atomic mass is 9.85. The van der Waals surface area contributed by atoms with Gasteiger partial charge in [0, 0.05) is 22.2 Å². The number of hydrogen-bond acceptors (Lipinski definition) is 3. The third kappa shape index (κ3) is 2.06. The molecule has 4 N–H and O–H groups in total. The Balaban J connectivity index is 2.17. The van der Waals surface area contributed by atoms with Crippen LogP contribution in [0.4, 0.5) is 5.69 Å². The van der Waals surface area contributed by atoms with E-state index < -0.39 is 0 Å². The first kappa shape index (κ1) is 12.1. The minimum absolute atomic E-state index is 0.113. The summed E-state index contributed by atoms with van der Waals surface area (Å²) in [6.07, 6.45) is 0. The molecule has 2 aromatic rings. The van der Waals surface area contributed by atoms with Crippen LogP contribution < -0.4 is 11.5 Å². The Labute approximate surface area is 116 Å². The molecule has 1 unspecified atom stereocenters. The van der Waals surface area contributed by atoms with Crippen molar-refractivity contribution in [3.63, 3.8) is 0 Å². The second-order valence-corrected chi connectivity index (χ2v) is 5.08. The molecule has 3 rings (SSSR count). The van der Waals surface area contributed by atoms with Crippen molar-refractivity contribution in [2.45, 2.75) is 5.92 Å². The number of rotatable bonds is 1. The maximum Gasteiger partial charge on any atom is 0.125 e. The monoisotopic (exact) mass is 271 g/mol. The standard InChI is InChI=1S/C15H14ClN3/c16-9-5-6-11-12(7-9)13(8-19-15(11)18)10-3-1-2-4-14(10)17/h1-7,13H,8,17H2,(H2,18,19). The lowest BCUT2D eigenvalue weighted by Crippen LogP contribution is -2.24. The molecule has 0 radical (unpaired) electrons. The smallest absolute Gasteiger partial charge is 0.125 e. The molecule has 0 aliphatic carbocycles. The van der Waals surface area contributed by atoms with Gasteiger partial charge in [0.2, 0.25) is 0 Å². The third-order valence-corrected chi connectivity index (χ3v) is 3.72. The molecule has 0 aromatic heterocycles. The van der Waals surface area contributed by atoms with Gasteiger partial charge in [-0.05, 0) is 35.4 Å².